The largest absolute Gasteiger partial charge is 0.481 e. The zero-order valence-electron chi connectivity index (χ0n) is 11.1. The van der Waals surface area contributed by atoms with Crippen LogP contribution in [0.25, 0.3) is 0 Å². The molecule has 0 aromatic carbocycles. The van der Waals surface area contributed by atoms with Gasteiger partial charge in [0.25, 0.3) is 0 Å². The molecule has 0 aliphatic heterocycles. The summed E-state index contributed by atoms with van der Waals surface area (Å²) >= 11 is 0. The maximum atomic E-state index is 11.6. The molecule has 8 nitrogen and oxygen atoms in total. The first-order valence-corrected chi connectivity index (χ1v) is 5.77. The van der Waals surface area contributed by atoms with Gasteiger partial charge in [-0.1, -0.05) is 6.92 Å². The average molecular weight is 270 g/mol. The molecule has 2 amide bonds. The lowest BCUT2D eigenvalue weighted by molar-refractivity contribution is -0.137. The van der Waals surface area contributed by atoms with E-state index in [2.05, 4.69) is 15.7 Å². The molecule has 8 heteroatoms. The van der Waals surface area contributed by atoms with Gasteiger partial charge in [-0.05, 0) is 5.92 Å². The zero-order valence-corrected chi connectivity index (χ0v) is 11.1. The highest BCUT2D eigenvalue weighted by Gasteiger charge is 2.11. The van der Waals surface area contributed by atoms with Gasteiger partial charge in [0, 0.05) is 26.1 Å². The minimum absolute atomic E-state index is 0.0116. The van der Waals surface area contributed by atoms with Crippen molar-refractivity contribution in [2.45, 2.75) is 13.3 Å². The highest BCUT2D eigenvalue weighted by molar-refractivity contribution is 5.88. The molecule has 0 saturated heterocycles. The number of nitrogens with one attached hydrogen (secondary N) is 2. The highest BCUT2D eigenvalue weighted by Crippen LogP contribution is 2.14. The number of aliphatic carboxylic acids is 1. The van der Waals surface area contributed by atoms with Crippen molar-refractivity contribution < 1.29 is 19.4 Å². The standard InChI is InChI=1S/C11H18N4O4/c1-7(4-10(16)17)6-12-11(18)13-8-5-9(19-3)15(2)14-8/h5,7H,4,6H2,1-3H3,(H,16,17)(H2,12,13,14,18). The van der Waals surface area contributed by atoms with E-state index < -0.39 is 12.0 Å². The molecule has 1 heterocycles. The molecule has 0 aliphatic carbocycles. The Hall–Kier alpha value is -2.25. The summed E-state index contributed by atoms with van der Waals surface area (Å²) in [6.07, 6.45) is 0.0116. The van der Waals surface area contributed by atoms with Gasteiger partial charge in [0.05, 0.1) is 7.11 Å². The van der Waals surface area contributed by atoms with Crippen molar-refractivity contribution in [1.29, 1.82) is 0 Å². The molecular weight excluding hydrogens is 252 g/mol. The first-order chi connectivity index (χ1) is 8.92. The van der Waals surface area contributed by atoms with Crippen molar-refractivity contribution in [3.63, 3.8) is 0 Å². The molecule has 1 atom stereocenters. The van der Waals surface area contributed by atoms with Crippen LogP contribution in [0.4, 0.5) is 10.6 Å². The molecule has 19 heavy (non-hydrogen) atoms. The second-order valence-corrected chi connectivity index (χ2v) is 4.23. The predicted octanol–water partition coefficient (Wildman–Crippen LogP) is 0.661. The van der Waals surface area contributed by atoms with Crippen LogP contribution in [-0.2, 0) is 11.8 Å². The first-order valence-electron chi connectivity index (χ1n) is 5.77. The number of amides is 2. The van der Waals surface area contributed by atoms with Crippen molar-refractivity contribution in [2.75, 3.05) is 19.0 Å². The first kappa shape index (κ1) is 14.8. The number of hydrogen-bond donors (Lipinski definition) is 3. The molecule has 0 saturated carbocycles. The van der Waals surface area contributed by atoms with E-state index in [0.717, 1.165) is 0 Å². The SMILES string of the molecule is COc1cc(NC(=O)NCC(C)CC(=O)O)nn1C. The van der Waals surface area contributed by atoms with Crippen molar-refractivity contribution in [2.24, 2.45) is 13.0 Å². The van der Waals surface area contributed by atoms with E-state index in [9.17, 15) is 9.59 Å². The number of nitrogens with zero attached hydrogens (tertiary/aromatic N) is 2. The van der Waals surface area contributed by atoms with Crippen molar-refractivity contribution >= 4 is 17.8 Å². The average Bonchev–Trinajstić information content (AvgIpc) is 2.66. The van der Waals surface area contributed by atoms with Crippen LogP contribution in [0.3, 0.4) is 0 Å². The van der Waals surface area contributed by atoms with Crippen LogP contribution in [0.5, 0.6) is 5.88 Å². The van der Waals surface area contributed by atoms with Crippen LogP contribution in [0.1, 0.15) is 13.3 Å². The van der Waals surface area contributed by atoms with E-state index in [1.54, 1.807) is 20.0 Å². The number of urea groups is 1. The fourth-order valence-electron chi connectivity index (χ4n) is 1.50. The number of carboxylic acid groups (broad SMARTS) is 1. The topological polar surface area (TPSA) is 105 Å². The Labute approximate surface area is 110 Å². The van der Waals surface area contributed by atoms with Crippen molar-refractivity contribution in [1.82, 2.24) is 15.1 Å². The van der Waals surface area contributed by atoms with E-state index in [1.165, 1.54) is 11.8 Å². The fourth-order valence-corrected chi connectivity index (χ4v) is 1.50. The van der Waals surface area contributed by atoms with Gasteiger partial charge >= 0.3 is 12.0 Å². The Morgan fingerprint density at radius 2 is 2.26 bits per heavy atom. The molecule has 0 aliphatic rings. The molecule has 1 aromatic heterocycles. The van der Waals surface area contributed by atoms with Gasteiger partial charge in [-0.2, -0.15) is 5.10 Å². The van der Waals surface area contributed by atoms with Gasteiger partial charge in [-0.25, -0.2) is 9.48 Å². The molecule has 106 valence electrons. The summed E-state index contributed by atoms with van der Waals surface area (Å²) in [6.45, 7) is 2.03. The second-order valence-electron chi connectivity index (χ2n) is 4.23. The summed E-state index contributed by atoms with van der Waals surface area (Å²) in [5.41, 5.74) is 0. The summed E-state index contributed by atoms with van der Waals surface area (Å²) in [4.78, 5) is 22.0. The number of carboxylic acids is 1. The third-order valence-electron chi connectivity index (χ3n) is 2.42. The zero-order chi connectivity index (χ0) is 14.4. The summed E-state index contributed by atoms with van der Waals surface area (Å²) in [7, 11) is 3.20. The van der Waals surface area contributed by atoms with E-state index in [0.29, 0.717) is 11.7 Å². The Bertz CT molecular complexity index is 458. The van der Waals surface area contributed by atoms with Gasteiger partial charge < -0.3 is 15.2 Å². The maximum absolute atomic E-state index is 11.6. The van der Waals surface area contributed by atoms with Crippen LogP contribution in [0, 0.1) is 5.92 Å². The normalized spacial score (nSPS) is 11.7. The Morgan fingerprint density at radius 3 is 2.79 bits per heavy atom. The molecular formula is C11H18N4O4. The lowest BCUT2D eigenvalue weighted by Crippen LogP contribution is -2.33. The summed E-state index contributed by atoms with van der Waals surface area (Å²) < 4.78 is 6.50. The molecule has 0 radical (unpaired) electrons. The molecule has 1 unspecified atom stereocenters. The molecule has 0 bridgehead atoms. The van der Waals surface area contributed by atoms with E-state index in [-0.39, 0.29) is 18.9 Å². The summed E-state index contributed by atoms with van der Waals surface area (Å²) in [5, 5.41) is 17.7. The van der Waals surface area contributed by atoms with Crippen LogP contribution in [0.15, 0.2) is 6.07 Å². The lowest BCUT2D eigenvalue weighted by Gasteiger charge is -2.10. The third kappa shape index (κ3) is 4.86. The summed E-state index contributed by atoms with van der Waals surface area (Å²) in [6, 6.07) is 1.15. The second kappa shape index (κ2) is 6.62. The monoisotopic (exact) mass is 270 g/mol. The minimum Gasteiger partial charge on any atom is -0.481 e. The van der Waals surface area contributed by atoms with Gasteiger partial charge in [0.15, 0.2) is 5.82 Å². The fraction of sp³-hybridized carbons (Fsp3) is 0.545. The van der Waals surface area contributed by atoms with Gasteiger partial charge in [-0.15, -0.1) is 0 Å². The number of hydrogen-bond acceptors (Lipinski definition) is 4. The quantitative estimate of drug-likeness (QED) is 0.704. The van der Waals surface area contributed by atoms with E-state index in [4.69, 9.17) is 9.84 Å². The van der Waals surface area contributed by atoms with Crippen molar-refractivity contribution in [3.05, 3.63) is 6.07 Å². The maximum Gasteiger partial charge on any atom is 0.320 e. The van der Waals surface area contributed by atoms with Crippen LogP contribution in [-0.4, -0.2) is 40.5 Å². The van der Waals surface area contributed by atoms with Gasteiger partial charge in [0.1, 0.15) is 0 Å². The number of methoxy groups -OCH3 is 1. The third-order valence-corrected chi connectivity index (χ3v) is 2.42. The molecule has 1 rings (SSSR count). The number of ether oxygens (including phenoxy) is 1. The number of carbonyl (C=O) groups is 2. The predicted molar refractivity (Wildman–Crippen MR) is 68.2 cm³/mol. The summed E-state index contributed by atoms with van der Waals surface area (Å²) in [5.74, 6) is -0.136. The molecule has 0 fully saturated rings. The smallest absolute Gasteiger partial charge is 0.320 e. The van der Waals surface area contributed by atoms with Crippen LogP contribution < -0.4 is 15.4 Å². The Balaban J connectivity index is 2.40. The van der Waals surface area contributed by atoms with Crippen LogP contribution in [0.2, 0.25) is 0 Å². The number of rotatable bonds is 6. The molecule has 0 spiro atoms. The van der Waals surface area contributed by atoms with E-state index >= 15 is 0 Å². The number of aromatic nitrogens is 2. The molecule has 1 aromatic rings. The van der Waals surface area contributed by atoms with E-state index in [1.807, 2.05) is 0 Å². The van der Waals surface area contributed by atoms with Crippen molar-refractivity contribution in [3.8, 4) is 5.88 Å². The minimum atomic E-state index is -0.885. The number of anilines is 1. The lowest BCUT2D eigenvalue weighted by atomic mass is 10.1. The number of carbonyl (C=O) groups excluding carboxylic acids is 1. The Morgan fingerprint density at radius 1 is 1.58 bits per heavy atom. The highest BCUT2D eigenvalue weighted by atomic mass is 16.5. The Kier molecular flexibility index (Phi) is 5.16. The number of aryl methyl sites for hydroxylation is 1. The van der Waals surface area contributed by atoms with Gasteiger partial charge in [-0.3, -0.25) is 10.1 Å². The van der Waals surface area contributed by atoms with Crippen LogP contribution >= 0.6 is 0 Å². The molecule has 3 N–H and O–H groups in total. The van der Waals surface area contributed by atoms with Gasteiger partial charge in [0.2, 0.25) is 5.88 Å².